The van der Waals surface area contributed by atoms with Crippen molar-refractivity contribution in [1.29, 1.82) is 0 Å². The third kappa shape index (κ3) is 3.34. The molecule has 0 unspecified atom stereocenters. The number of aliphatic carboxylic acids is 3. The molecule has 0 saturated heterocycles. The molecule has 0 atom stereocenters. The first kappa shape index (κ1) is 12.9. The second kappa shape index (κ2) is 4.95. The number of rotatable bonds is 6. The molecule has 0 saturated carbocycles. The molecule has 0 radical (unpaired) electrons. The van der Waals surface area contributed by atoms with Crippen LogP contribution >= 0.6 is 0 Å². The van der Waals surface area contributed by atoms with E-state index in [0.29, 0.717) is 0 Å². The topological polar surface area (TPSA) is 121 Å². The molecule has 0 rings (SSSR count). The van der Waals surface area contributed by atoms with E-state index in [-0.39, 0.29) is 16.6 Å². The van der Waals surface area contributed by atoms with Crippen molar-refractivity contribution in [2.75, 3.05) is 0 Å². The first-order valence-electron chi connectivity index (χ1n) is 3.56. The van der Waals surface area contributed by atoms with Crippen molar-refractivity contribution >= 4 is 34.5 Å². The van der Waals surface area contributed by atoms with Gasteiger partial charge in [0.1, 0.15) is 0 Å². The third-order valence-electron chi connectivity index (χ3n) is 1.65. The lowest BCUT2D eigenvalue weighted by Crippen LogP contribution is -2.45. The van der Waals surface area contributed by atoms with Crippen molar-refractivity contribution < 1.29 is 33.5 Å². The van der Waals surface area contributed by atoms with Crippen LogP contribution in [0.4, 0.5) is 0 Å². The molecule has 0 aromatic rings. The van der Waals surface area contributed by atoms with Gasteiger partial charge in [0.2, 0.25) is 0 Å². The zero-order valence-electron chi connectivity index (χ0n) is 7.39. The van der Waals surface area contributed by atoms with Crippen molar-refractivity contribution in [1.82, 2.24) is 0 Å². The van der Waals surface area contributed by atoms with E-state index < -0.39 is 36.4 Å². The van der Waals surface area contributed by atoms with E-state index in [1.807, 2.05) is 0 Å². The Labute approximate surface area is 87.0 Å². The highest BCUT2D eigenvalue weighted by molar-refractivity contribution is 6.01. The lowest BCUT2D eigenvalue weighted by molar-refractivity contribution is -0.166. The van der Waals surface area contributed by atoms with Crippen LogP contribution in [-0.4, -0.2) is 55.5 Å². The standard InChI is InChI=1S/C6H7O7.Al.2H/c7-3(8)1-6(13,5(11)12)2-4(9)10;;;/h1-2H2,(H,7,8)(H,9,10)(H,11,12);;;/q-1;+1;;. The van der Waals surface area contributed by atoms with Gasteiger partial charge in [-0.1, -0.05) is 0 Å². The number of carboxylic acids is 3. The first-order valence-corrected chi connectivity index (χ1v) is 4.38. The quantitative estimate of drug-likeness (QED) is 0.457. The predicted octanol–water partition coefficient (Wildman–Crippen LogP) is -1.68. The molecule has 3 N–H and O–H groups in total. The molecule has 0 fully saturated rings. The van der Waals surface area contributed by atoms with Crippen LogP contribution in [0.5, 0.6) is 0 Å². The highest BCUT2D eigenvalue weighted by atomic mass is 27.1. The minimum atomic E-state index is -2.14. The summed E-state index contributed by atoms with van der Waals surface area (Å²) in [5.41, 5.74) is -2.14. The van der Waals surface area contributed by atoms with Crippen molar-refractivity contribution in [3.8, 4) is 0 Å². The molecule has 78 valence electrons. The Bertz CT molecular complexity index is 245. The molecular formula is C6H9AlO7. The van der Waals surface area contributed by atoms with Crippen LogP contribution < -0.4 is 0 Å². The summed E-state index contributed by atoms with van der Waals surface area (Å²) < 4.78 is 4.60. The van der Waals surface area contributed by atoms with Gasteiger partial charge in [0.05, 0.1) is 12.8 Å². The fraction of sp³-hybridized carbons (Fsp3) is 0.500. The Hall–Kier alpha value is -1.10. The van der Waals surface area contributed by atoms with Crippen molar-refractivity contribution in [3.63, 3.8) is 0 Å². The van der Waals surface area contributed by atoms with Gasteiger partial charge in [-0.3, -0.25) is 9.59 Å². The van der Waals surface area contributed by atoms with E-state index in [4.69, 9.17) is 15.3 Å². The number of hydrogen-bond acceptors (Lipinski definition) is 4. The number of hydrogen-bond donors (Lipinski definition) is 3. The molecule has 7 nitrogen and oxygen atoms in total. The smallest absolute Gasteiger partial charge is 0.411 e. The summed E-state index contributed by atoms with van der Waals surface area (Å²) >= 11 is -0.0526. The molecule has 0 aliphatic carbocycles. The van der Waals surface area contributed by atoms with Gasteiger partial charge in [0, 0.05) is 0 Å². The summed E-state index contributed by atoms with van der Waals surface area (Å²) in [6.07, 6.45) is -1.73. The van der Waals surface area contributed by atoms with E-state index >= 15 is 0 Å². The summed E-state index contributed by atoms with van der Waals surface area (Å²) in [6.45, 7) is 0. The van der Waals surface area contributed by atoms with E-state index in [1.54, 1.807) is 0 Å². The maximum Gasteiger partial charge on any atom is 0.411 e. The summed E-state index contributed by atoms with van der Waals surface area (Å²) in [4.78, 5) is 31.4. The van der Waals surface area contributed by atoms with Gasteiger partial charge in [0.15, 0.2) is 5.60 Å². The second-order valence-electron chi connectivity index (χ2n) is 2.64. The van der Waals surface area contributed by atoms with Crippen LogP contribution in [0.25, 0.3) is 0 Å². The summed E-state index contributed by atoms with van der Waals surface area (Å²) in [7, 11) is 0. The zero-order valence-corrected chi connectivity index (χ0v) is 9.39. The fourth-order valence-corrected chi connectivity index (χ4v) is 1.40. The molecule has 0 aliphatic heterocycles. The molecule has 0 aromatic carbocycles. The van der Waals surface area contributed by atoms with Crippen molar-refractivity contribution in [3.05, 3.63) is 0 Å². The molecule has 0 spiro atoms. The Balaban J connectivity index is 4.87. The van der Waals surface area contributed by atoms with Gasteiger partial charge in [-0.2, -0.15) is 0 Å². The normalized spacial score (nSPS) is 10.9. The highest BCUT2D eigenvalue weighted by Crippen LogP contribution is 2.20. The molecule has 0 amide bonds. The van der Waals surface area contributed by atoms with E-state index in [9.17, 15) is 14.4 Å². The van der Waals surface area contributed by atoms with E-state index in [2.05, 4.69) is 3.79 Å². The van der Waals surface area contributed by atoms with Gasteiger partial charge < -0.3 is 19.1 Å². The monoisotopic (exact) mass is 220 g/mol. The first-order chi connectivity index (χ1) is 6.34. The average Bonchev–Trinajstić information content (AvgIpc) is 2.00. The molecule has 8 heteroatoms. The predicted molar refractivity (Wildman–Crippen MR) is 44.5 cm³/mol. The molecule has 0 bridgehead atoms. The van der Waals surface area contributed by atoms with Crippen molar-refractivity contribution in [2.24, 2.45) is 0 Å². The fourth-order valence-electron chi connectivity index (χ4n) is 0.934. The van der Waals surface area contributed by atoms with Gasteiger partial charge in [0.25, 0.3) is 0 Å². The second-order valence-corrected chi connectivity index (χ2v) is 3.05. The Kier molecular flexibility index (Phi) is 4.56. The maximum absolute atomic E-state index is 10.7. The van der Waals surface area contributed by atoms with Crippen LogP contribution in [0, 0.1) is 0 Å². The van der Waals surface area contributed by atoms with Gasteiger partial charge in [-0.15, -0.1) is 0 Å². The van der Waals surface area contributed by atoms with Crippen LogP contribution in [0.2, 0.25) is 0 Å². The zero-order chi connectivity index (χ0) is 11.4. The Morgan fingerprint density at radius 3 is 1.57 bits per heavy atom. The minimum absolute atomic E-state index is 0.0526. The lowest BCUT2D eigenvalue weighted by Gasteiger charge is -2.25. The summed E-state index contributed by atoms with van der Waals surface area (Å²) in [5.74, 6) is -4.40. The number of carboxylic acid groups (broad SMARTS) is 3. The highest BCUT2D eigenvalue weighted by Gasteiger charge is 2.41. The average molecular weight is 220 g/mol. The lowest BCUT2D eigenvalue weighted by atomic mass is 9.96. The minimum Gasteiger partial charge on any atom is -0.493 e. The van der Waals surface area contributed by atoms with Gasteiger partial charge in [-0.05, 0) is 0 Å². The molecular weight excluding hydrogens is 211 g/mol. The van der Waals surface area contributed by atoms with Crippen molar-refractivity contribution in [2.45, 2.75) is 18.4 Å². The maximum atomic E-state index is 10.7. The Morgan fingerprint density at radius 2 is 1.43 bits per heavy atom. The van der Waals surface area contributed by atoms with E-state index in [1.165, 1.54) is 0 Å². The molecule has 0 aliphatic rings. The largest absolute Gasteiger partial charge is 0.493 e. The third-order valence-corrected chi connectivity index (χ3v) is 2.44. The summed E-state index contributed by atoms with van der Waals surface area (Å²) in [5, 5.41) is 25.5. The SMILES string of the molecule is O=C(O)CC(CC(=O)O)([O][AlH2])C(=O)O. The van der Waals surface area contributed by atoms with Crippen LogP contribution in [0.15, 0.2) is 0 Å². The summed E-state index contributed by atoms with van der Waals surface area (Å²) in [6, 6.07) is 0. The molecule has 14 heavy (non-hydrogen) atoms. The van der Waals surface area contributed by atoms with Gasteiger partial charge >= 0.3 is 34.5 Å². The van der Waals surface area contributed by atoms with Gasteiger partial charge in [-0.25, -0.2) is 4.79 Å². The molecule has 0 aromatic heterocycles. The van der Waals surface area contributed by atoms with Crippen LogP contribution in [0.1, 0.15) is 12.8 Å². The molecule has 0 heterocycles. The van der Waals surface area contributed by atoms with E-state index in [0.717, 1.165) is 0 Å². The van der Waals surface area contributed by atoms with Crippen LogP contribution in [-0.2, 0) is 18.2 Å². The van der Waals surface area contributed by atoms with Crippen LogP contribution in [0.3, 0.4) is 0 Å². The number of carbonyl (C=O) groups is 3. The Morgan fingerprint density at radius 1 is 1.07 bits per heavy atom.